The van der Waals surface area contributed by atoms with E-state index >= 15 is 0 Å². The molecule has 31 heavy (non-hydrogen) atoms. The van der Waals surface area contributed by atoms with Crippen LogP contribution in [0, 0.1) is 6.92 Å². The van der Waals surface area contributed by atoms with Crippen molar-refractivity contribution in [3.8, 4) is 21.1 Å². The minimum absolute atomic E-state index is 0.156. The fraction of sp³-hybridized carbons (Fsp3) is 0.0909. The molecule has 0 amide bonds. The van der Waals surface area contributed by atoms with Gasteiger partial charge in [0.1, 0.15) is 15.6 Å². The molecule has 156 valence electrons. The Morgan fingerprint density at radius 1 is 1.06 bits per heavy atom. The van der Waals surface area contributed by atoms with Crippen molar-refractivity contribution in [2.24, 2.45) is 7.05 Å². The standard InChI is InChI=1S/C22H18N4O2S3/c1-14-5-10-17-19(12-14)30-22(23-17)15-6-8-16(9-7-15)25-31(27,28)20-13-26(2)24-21(20)18-4-3-11-29-18/h3-13,25H,1-2H3. The van der Waals surface area contributed by atoms with E-state index in [9.17, 15) is 8.42 Å². The average Bonchev–Trinajstić information content (AvgIpc) is 3.47. The largest absolute Gasteiger partial charge is 0.280 e. The van der Waals surface area contributed by atoms with Crippen LogP contribution in [-0.2, 0) is 17.1 Å². The van der Waals surface area contributed by atoms with Crippen molar-refractivity contribution in [3.63, 3.8) is 0 Å². The molecular formula is C22H18N4O2S3. The molecular weight excluding hydrogens is 448 g/mol. The van der Waals surface area contributed by atoms with Gasteiger partial charge in [-0.15, -0.1) is 22.7 Å². The third-order valence-electron chi connectivity index (χ3n) is 4.77. The number of thiophene rings is 1. The maximum atomic E-state index is 13.1. The fourth-order valence-corrected chi connectivity index (χ4v) is 6.40. The summed E-state index contributed by atoms with van der Waals surface area (Å²) in [6.45, 7) is 2.06. The highest BCUT2D eigenvalue weighted by Gasteiger charge is 2.24. The predicted octanol–water partition coefficient (Wildman–Crippen LogP) is 5.53. The van der Waals surface area contributed by atoms with E-state index in [1.54, 1.807) is 30.5 Å². The number of nitrogens with zero attached hydrogens (tertiary/aromatic N) is 3. The van der Waals surface area contributed by atoms with E-state index in [0.29, 0.717) is 11.4 Å². The van der Waals surface area contributed by atoms with Crippen molar-refractivity contribution in [1.29, 1.82) is 0 Å². The molecule has 0 aliphatic carbocycles. The lowest BCUT2D eigenvalue weighted by atomic mass is 10.2. The van der Waals surface area contributed by atoms with Crippen LogP contribution >= 0.6 is 22.7 Å². The zero-order chi connectivity index (χ0) is 21.6. The summed E-state index contributed by atoms with van der Waals surface area (Å²) < 4.78 is 31.5. The molecule has 0 aliphatic rings. The molecule has 2 aromatic carbocycles. The van der Waals surface area contributed by atoms with Gasteiger partial charge in [-0.3, -0.25) is 9.40 Å². The van der Waals surface area contributed by atoms with Gasteiger partial charge >= 0.3 is 0 Å². The third kappa shape index (κ3) is 3.87. The summed E-state index contributed by atoms with van der Waals surface area (Å²) in [7, 11) is -2.08. The molecule has 0 saturated heterocycles. The molecule has 3 heterocycles. The number of fused-ring (bicyclic) bond motifs is 1. The number of anilines is 1. The Kier molecular flexibility index (Phi) is 4.88. The number of benzene rings is 2. The molecule has 6 nitrogen and oxygen atoms in total. The van der Waals surface area contributed by atoms with Crippen LogP contribution in [0.2, 0.25) is 0 Å². The SMILES string of the molecule is Cc1ccc2nc(-c3ccc(NS(=O)(=O)c4cn(C)nc4-c4cccs4)cc3)sc2c1. The van der Waals surface area contributed by atoms with Crippen molar-refractivity contribution in [2.45, 2.75) is 11.8 Å². The van der Waals surface area contributed by atoms with Crippen molar-refractivity contribution in [1.82, 2.24) is 14.8 Å². The quantitative estimate of drug-likeness (QED) is 0.369. The molecule has 0 aliphatic heterocycles. The molecule has 0 bridgehead atoms. The second kappa shape index (κ2) is 7.60. The van der Waals surface area contributed by atoms with Crippen molar-refractivity contribution < 1.29 is 8.42 Å². The Bertz CT molecular complexity index is 1480. The minimum Gasteiger partial charge on any atom is -0.280 e. The van der Waals surface area contributed by atoms with Gasteiger partial charge in [0.15, 0.2) is 0 Å². The Morgan fingerprint density at radius 3 is 2.61 bits per heavy atom. The van der Waals surface area contributed by atoms with Gasteiger partial charge in [0.25, 0.3) is 10.0 Å². The number of aryl methyl sites for hydroxylation is 2. The van der Waals surface area contributed by atoms with Gasteiger partial charge < -0.3 is 0 Å². The van der Waals surface area contributed by atoms with Crippen LogP contribution in [0.3, 0.4) is 0 Å². The molecule has 3 aromatic heterocycles. The highest BCUT2D eigenvalue weighted by atomic mass is 32.2. The summed E-state index contributed by atoms with van der Waals surface area (Å²) in [6.07, 6.45) is 1.52. The maximum Gasteiger partial charge on any atom is 0.265 e. The van der Waals surface area contributed by atoms with Gasteiger partial charge in [-0.25, -0.2) is 13.4 Å². The van der Waals surface area contributed by atoms with Crippen molar-refractivity contribution in [3.05, 3.63) is 71.7 Å². The first-order valence-corrected chi connectivity index (χ1v) is 12.6. The van der Waals surface area contributed by atoms with E-state index in [4.69, 9.17) is 0 Å². The van der Waals surface area contributed by atoms with Crippen molar-refractivity contribution >= 4 is 48.6 Å². The number of nitrogens with one attached hydrogen (secondary N) is 1. The van der Waals surface area contributed by atoms with E-state index in [1.807, 2.05) is 41.8 Å². The molecule has 0 fully saturated rings. The van der Waals surface area contributed by atoms with Crippen LogP contribution in [0.1, 0.15) is 5.56 Å². The summed E-state index contributed by atoms with van der Waals surface area (Å²) in [6, 6.07) is 17.2. The van der Waals surface area contributed by atoms with Crippen LogP contribution in [-0.4, -0.2) is 23.2 Å². The van der Waals surface area contributed by atoms with Gasteiger partial charge in [0, 0.05) is 24.5 Å². The Balaban J connectivity index is 1.43. The van der Waals surface area contributed by atoms with Gasteiger partial charge in [0.2, 0.25) is 0 Å². The Hall–Kier alpha value is -3.01. The molecule has 1 N–H and O–H groups in total. The van der Waals surface area contributed by atoms with E-state index < -0.39 is 10.0 Å². The van der Waals surface area contributed by atoms with E-state index in [1.165, 1.54) is 27.8 Å². The molecule has 0 radical (unpaired) electrons. The molecule has 0 atom stereocenters. The lowest BCUT2D eigenvalue weighted by Gasteiger charge is -2.08. The molecule has 5 aromatic rings. The van der Waals surface area contributed by atoms with Gasteiger partial charge in [0.05, 0.1) is 15.1 Å². The van der Waals surface area contributed by atoms with Crippen LogP contribution < -0.4 is 4.72 Å². The molecule has 5 rings (SSSR count). The second-order valence-electron chi connectivity index (χ2n) is 7.17. The molecule has 0 spiro atoms. The lowest BCUT2D eigenvalue weighted by Crippen LogP contribution is -2.13. The van der Waals surface area contributed by atoms with E-state index in [-0.39, 0.29) is 4.90 Å². The molecule has 9 heteroatoms. The zero-order valence-electron chi connectivity index (χ0n) is 16.7. The summed E-state index contributed by atoms with van der Waals surface area (Å²) in [5.74, 6) is 0. The summed E-state index contributed by atoms with van der Waals surface area (Å²) in [5.41, 5.74) is 4.05. The van der Waals surface area contributed by atoms with Gasteiger partial charge in [-0.1, -0.05) is 12.1 Å². The average molecular weight is 467 g/mol. The van der Waals surface area contributed by atoms with E-state index in [2.05, 4.69) is 27.8 Å². The second-order valence-corrected chi connectivity index (χ2v) is 10.8. The predicted molar refractivity (Wildman–Crippen MR) is 127 cm³/mol. The minimum atomic E-state index is -3.79. The molecule has 0 unspecified atom stereocenters. The normalized spacial score (nSPS) is 11.8. The third-order valence-corrected chi connectivity index (χ3v) is 8.09. The maximum absolute atomic E-state index is 13.1. The first kappa shape index (κ1) is 19.9. The topological polar surface area (TPSA) is 76.9 Å². The Labute approximate surface area is 187 Å². The van der Waals surface area contributed by atoms with E-state index in [0.717, 1.165) is 25.7 Å². The zero-order valence-corrected chi connectivity index (χ0v) is 19.2. The van der Waals surface area contributed by atoms with Crippen LogP contribution in [0.4, 0.5) is 5.69 Å². The number of aromatic nitrogens is 3. The highest BCUT2D eigenvalue weighted by molar-refractivity contribution is 7.92. The monoisotopic (exact) mass is 466 g/mol. The van der Waals surface area contributed by atoms with Gasteiger partial charge in [-0.2, -0.15) is 5.10 Å². The number of sulfonamides is 1. The van der Waals surface area contributed by atoms with Crippen molar-refractivity contribution in [2.75, 3.05) is 4.72 Å². The summed E-state index contributed by atoms with van der Waals surface area (Å²) in [5, 5.41) is 7.15. The first-order valence-electron chi connectivity index (χ1n) is 9.47. The lowest BCUT2D eigenvalue weighted by molar-refractivity contribution is 0.601. The number of hydrogen-bond acceptors (Lipinski definition) is 6. The summed E-state index contributed by atoms with van der Waals surface area (Å²) in [4.78, 5) is 5.65. The molecule has 0 saturated carbocycles. The smallest absolute Gasteiger partial charge is 0.265 e. The summed E-state index contributed by atoms with van der Waals surface area (Å²) >= 11 is 3.08. The van der Waals surface area contributed by atoms with Gasteiger partial charge in [-0.05, 0) is 60.3 Å². The van der Waals surface area contributed by atoms with Crippen LogP contribution in [0.5, 0.6) is 0 Å². The Morgan fingerprint density at radius 2 is 1.87 bits per heavy atom. The fourth-order valence-electron chi connectivity index (χ4n) is 3.29. The number of hydrogen-bond donors (Lipinski definition) is 1. The first-order chi connectivity index (χ1) is 14.9. The number of thiazole rings is 1. The number of rotatable bonds is 5. The van der Waals surface area contributed by atoms with Crippen LogP contribution in [0.25, 0.3) is 31.4 Å². The highest BCUT2D eigenvalue weighted by Crippen LogP contribution is 2.33. The van der Waals surface area contributed by atoms with Crippen LogP contribution in [0.15, 0.2) is 71.1 Å².